The van der Waals surface area contributed by atoms with Gasteiger partial charge in [0.05, 0.1) is 5.92 Å². The van der Waals surface area contributed by atoms with Crippen molar-refractivity contribution < 1.29 is 14.7 Å². The lowest BCUT2D eigenvalue weighted by Gasteiger charge is -2.37. The van der Waals surface area contributed by atoms with Crippen molar-refractivity contribution >= 4 is 17.5 Å². The molecule has 5 rings (SSSR count). The van der Waals surface area contributed by atoms with Crippen molar-refractivity contribution in [1.82, 2.24) is 9.80 Å². The summed E-state index contributed by atoms with van der Waals surface area (Å²) in [6.45, 7) is 5.75. The van der Waals surface area contributed by atoms with Crippen molar-refractivity contribution in [2.75, 3.05) is 31.5 Å². The third-order valence-corrected chi connectivity index (χ3v) is 8.81. The van der Waals surface area contributed by atoms with Crippen LogP contribution in [0.3, 0.4) is 0 Å². The molecular weight excluding hydrogens is 474 g/mol. The average molecular weight is 514 g/mol. The largest absolute Gasteiger partial charge is 0.508 e. The molecule has 200 valence electrons. The first kappa shape index (κ1) is 26.3. The van der Waals surface area contributed by atoms with Gasteiger partial charge in [-0.2, -0.15) is 0 Å². The molecule has 2 amide bonds. The molecule has 38 heavy (non-hydrogen) atoms. The summed E-state index contributed by atoms with van der Waals surface area (Å²) in [5.41, 5.74) is 3.11. The molecule has 6 heteroatoms. The molecule has 3 heterocycles. The second kappa shape index (κ2) is 11.6. The fourth-order valence-electron chi connectivity index (χ4n) is 6.74. The molecule has 3 aliphatic rings. The fraction of sp³-hybridized carbons (Fsp3) is 0.500. The number of carbonyl (C=O) groups excluding carboxylic acids is 2. The van der Waals surface area contributed by atoms with E-state index in [1.807, 2.05) is 24.3 Å². The lowest BCUT2D eigenvalue weighted by Crippen LogP contribution is -2.46. The third kappa shape index (κ3) is 5.89. The van der Waals surface area contributed by atoms with Crippen LogP contribution in [0.1, 0.15) is 81.3 Å². The SMILES string of the molecule is CC#C[C@@H](CC(=O)Nc1ccc(C2CCN(C(=O)CC34CCCN3CCC4)CC2)cc1)c1ccc(O)cc1. The first-order chi connectivity index (χ1) is 18.5. The number of carbonyl (C=O) groups is 2. The average Bonchev–Trinajstić information content (AvgIpc) is 3.49. The van der Waals surface area contributed by atoms with E-state index >= 15 is 0 Å². The molecular formula is C32H39N3O3. The van der Waals surface area contributed by atoms with Crippen LogP contribution in [-0.2, 0) is 9.59 Å². The van der Waals surface area contributed by atoms with Crippen LogP contribution < -0.4 is 5.32 Å². The molecule has 0 aliphatic carbocycles. The van der Waals surface area contributed by atoms with E-state index in [0.29, 0.717) is 18.2 Å². The number of nitrogens with one attached hydrogen (secondary N) is 1. The number of amides is 2. The number of fused-ring (bicyclic) bond motifs is 1. The molecule has 3 aliphatic heterocycles. The number of aromatic hydroxyl groups is 1. The molecule has 3 saturated heterocycles. The summed E-state index contributed by atoms with van der Waals surface area (Å²) in [7, 11) is 0. The molecule has 0 saturated carbocycles. The highest BCUT2D eigenvalue weighted by Crippen LogP contribution is 2.42. The first-order valence-electron chi connectivity index (χ1n) is 14.1. The number of rotatable bonds is 7. The van der Waals surface area contributed by atoms with Gasteiger partial charge in [-0.3, -0.25) is 14.5 Å². The summed E-state index contributed by atoms with van der Waals surface area (Å²) in [5.74, 6) is 6.68. The van der Waals surface area contributed by atoms with Crippen LogP contribution >= 0.6 is 0 Å². The molecule has 2 aromatic carbocycles. The van der Waals surface area contributed by atoms with Crippen molar-refractivity contribution in [1.29, 1.82) is 0 Å². The summed E-state index contributed by atoms with van der Waals surface area (Å²) in [6, 6.07) is 15.0. The van der Waals surface area contributed by atoms with Gasteiger partial charge in [0.1, 0.15) is 5.75 Å². The van der Waals surface area contributed by atoms with E-state index in [9.17, 15) is 14.7 Å². The van der Waals surface area contributed by atoms with Gasteiger partial charge < -0.3 is 15.3 Å². The monoisotopic (exact) mass is 513 g/mol. The Morgan fingerprint density at radius 1 is 1.00 bits per heavy atom. The van der Waals surface area contributed by atoms with Crippen molar-refractivity contribution in [2.24, 2.45) is 0 Å². The zero-order valence-corrected chi connectivity index (χ0v) is 22.4. The van der Waals surface area contributed by atoms with Gasteiger partial charge in [-0.1, -0.05) is 30.2 Å². The van der Waals surface area contributed by atoms with E-state index in [4.69, 9.17) is 0 Å². The molecule has 3 fully saturated rings. The Kier molecular flexibility index (Phi) is 8.04. The molecule has 1 atom stereocenters. The zero-order valence-electron chi connectivity index (χ0n) is 22.4. The second-order valence-corrected chi connectivity index (χ2v) is 11.2. The Balaban J connectivity index is 1.11. The smallest absolute Gasteiger partial charge is 0.225 e. The van der Waals surface area contributed by atoms with E-state index < -0.39 is 0 Å². The minimum atomic E-state index is -0.224. The van der Waals surface area contributed by atoms with E-state index in [2.05, 4.69) is 39.1 Å². The second-order valence-electron chi connectivity index (χ2n) is 11.2. The minimum absolute atomic E-state index is 0.0899. The van der Waals surface area contributed by atoms with Gasteiger partial charge in [-0.05, 0) is 99.8 Å². The standard InChI is InChI=1S/C32H39N3O3/c1-2-5-27(25-8-12-29(36)13-9-25)22-30(37)33-28-10-6-24(7-11-28)26-14-20-34(21-15-26)31(38)23-32-16-3-18-35(32)19-4-17-32/h6-13,26-27,36H,3-4,14-23H2,1H3,(H,33,37)/t27-/m0/s1. The summed E-state index contributed by atoms with van der Waals surface area (Å²) in [5, 5.41) is 12.5. The molecule has 0 radical (unpaired) electrons. The van der Waals surface area contributed by atoms with Crippen LogP contribution in [0.5, 0.6) is 5.75 Å². The van der Waals surface area contributed by atoms with Crippen molar-refractivity contribution in [3.05, 3.63) is 59.7 Å². The predicted octanol–water partition coefficient (Wildman–Crippen LogP) is 5.25. The van der Waals surface area contributed by atoms with E-state index in [-0.39, 0.29) is 29.5 Å². The van der Waals surface area contributed by atoms with Gasteiger partial charge in [0, 0.05) is 37.2 Å². The van der Waals surface area contributed by atoms with Crippen LogP contribution in [0.15, 0.2) is 48.5 Å². The summed E-state index contributed by atoms with van der Waals surface area (Å²) >= 11 is 0. The van der Waals surface area contributed by atoms with E-state index in [1.54, 1.807) is 19.1 Å². The van der Waals surface area contributed by atoms with Gasteiger partial charge in [-0.25, -0.2) is 0 Å². The highest BCUT2D eigenvalue weighted by atomic mass is 16.3. The third-order valence-electron chi connectivity index (χ3n) is 8.81. The number of piperidine rings is 1. The normalized spacial score (nSPS) is 19.9. The van der Waals surface area contributed by atoms with Crippen molar-refractivity contribution in [3.63, 3.8) is 0 Å². The van der Waals surface area contributed by atoms with Crippen LogP contribution in [0.25, 0.3) is 0 Å². The number of phenolic OH excluding ortho intramolecular Hbond substituents is 1. The number of nitrogens with zero attached hydrogens (tertiary/aromatic N) is 2. The van der Waals surface area contributed by atoms with Crippen molar-refractivity contribution in [3.8, 4) is 17.6 Å². The number of anilines is 1. The first-order valence-corrected chi connectivity index (χ1v) is 14.1. The van der Waals surface area contributed by atoms with Crippen LogP contribution in [-0.4, -0.2) is 58.4 Å². The quantitative estimate of drug-likeness (QED) is 0.496. The number of likely N-dealkylation sites (tertiary alicyclic amines) is 1. The van der Waals surface area contributed by atoms with Gasteiger partial charge >= 0.3 is 0 Å². The Hall–Kier alpha value is -3.30. The number of benzene rings is 2. The lowest BCUT2D eigenvalue weighted by molar-refractivity contribution is -0.134. The van der Waals surface area contributed by atoms with Crippen LogP contribution in [0, 0.1) is 11.8 Å². The molecule has 2 N–H and O–H groups in total. The predicted molar refractivity (Wildman–Crippen MR) is 150 cm³/mol. The fourth-order valence-corrected chi connectivity index (χ4v) is 6.74. The summed E-state index contributed by atoms with van der Waals surface area (Å²) in [4.78, 5) is 30.6. The molecule has 0 unspecified atom stereocenters. The molecule has 2 aromatic rings. The zero-order chi connectivity index (χ0) is 26.5. The number of hydrogen-bond acceptors (Lipinski definition) is 4. The van der Waals surface area contributed by atoms with Gasteiger partial charge in [-0.15, -0.1) is 5.92 Å². The highest BCUT2D eigenvalue weighted by molar-refractivity contribution is 5.91. The maximum absolute atomic E-state index is 13.1. The maximum atomic E-state index is 13.1. The van der Waals surface area contributed by atoms with Crippen LogP contribution in [0.4, 0.5) is 5.69 Å². The Morgan fingerprint density at radius 2 is 1.66 bits per heavy atom. The lowest BCUT2D eigenvalue weighted by atomic mass is 9.87. The summed E-state index contributed by atoms with van der Waals surface area (Å²) < 4.78 is 0. The summed E-state index contributed by atoms with van der Waals surface area (Å²) in [6.07, 6.45) is 7.75. The van der Waals surface area contributed by atoms with Gasteiger partial charge in [0.2, 0.25) is 11.8 Å². The Morgan fingerprint density at radius 3 is 2.29 bits per heavy atom. The topological polar surface area (TPSA) is 72.9 Å². The van der Waals surface area contributed by atoms with Gasteiger partial charge in [0.15, 0.2) is 0 Å². The number of phenols is 1. The number of hydrogen-bond donors (Lipinski definition) is 2. The molecule has 0 aromatic heterocycles. The Labute approximate surface area is 226 Å². The van der Waals surface area contributed by atoms with Crippen LogP contribution in [0.2, 0.25) is 0 Å². The van der Waals surface area contributed by atoms with E-state index in [1.165, 1.54) is 31.2 Å². The van der Waals surface area contributed by atoms with Gasteiger partial charge in [0.25, 0.3) is 0 Å². The Bertz CT molecular complexity index is 1180. The minimum Gasteiger partial charge on any atom is -0.508 e. The van der Waals surface area contributed by atoms with E-state index in [0.717, 1.165) is 50.3 Å². The molecule has 0 bridgehead atoms. The molecule has 6 nitrogen and oxygen atoms in total. The highest BCUT2D eigenvalue weighted by Gasteiger charge is 2.46. The van der Waals surface area contributed by atoms with Crippen molar-refractivity contribution in [2.45, 2.75) is 75.7 Å². The maximum Gasteiger partial charge on any atom is 0.225 e. The molecule has 0 spiro atoms.